The summed E-state index contributed by atoms with van der Waals surface area (Å²) >= 11 is 4.42. The second-order valence-corrected chi connectivity index (χ2v) is 9.33. The van der Waals surface area contributed by atoms with Gasteiger partial charge in [-0.15, -0.1) is 0 Å². The third-order valence-corrected chi connectivity index (χ3v) is 7.20. The number of hydrogen-bond donors (Lipinski definition) is 1. The molecule has 0 aliphatic heterocycles. The van der Waals surface area contributed by atoms with Gasteiger partial charge in [0.05, 0.1) is 0 Å². The molecule has 0 aromatic rings. The van der Waals surface area contributed by atoms with E-state index in [1.807, 2.05) is 0 Å². The van der Waals surface area contributed by atoms with Crippen molar-refractivity contribution < 1.29 is 0 Å². The normalized spacial score (nSPS) is 33.0. The van der Waals surface area contributed by atoms with Gasteiger partial charge in [0.15, 0.2) is 0 Å². The average Bonchev–Trinajstić information content (AvgIpc) is 2.74. The standard InChI is InChI=1S/C24H32S/c1-18-7-8-19-20-9-14-23(2,11-6-16-25)15-10-21(20)24(22(19)17-18)12-4-3-5-13-24/h8-10,14-15,17-18,25H,3-7,11-13,16H2,1-2H3. The van der Waals surface area contributed by atoms with Gasteiger partial charge in [0.25, 0.3) is 0 Å². The Balaban J connectivity index is 1.78. The molecule has 0 amide bonds. The van der Waals surface area contributed by atoms with Crippen molar-refractivity contribution in [2.24, 2.45) is 16.7 Å². The SMILES string of the molecule is CC1C=C2C(=CC1)C1=C(C=CC(C)(CCCS)C=C1)C21CCCCC1. The molecule has 0 aromatic carbocycles. The van der Waals surface area contributed by atoms with Gasteiger partial charge in [-0.3, -0.25) is 0 Å². The molecule has 2 atom stereocenters. The van der Waals surface area contributed by atoms with Crippen LogP contribution in [0.25, 0.3) is 0 Å². The van der Waals surface area contributed by atoms with Crippen LogP contribution in [0.2, 0.25) is 0 Å². The van der Waals surface area contributed by atoms with Crippen LogP contribution in [-0.4, -0.2) is 5.75 Å². The Morgan fingerprint density at radius 2 is 1.88 bits per heavy atom. The van der Waals surface area contributed by atoms with Crippen molar-refractivity contribution in [3.05, 3.63) is 58.7 Å². The number of fused-ring (bicyclic) bond motifs is 4. The van der Waals surface area contributed by atoms with Crippen molar-refractivity contribution in [3.63, 3.8) is 0 Å². The highest BCUT2D eigenvalue weighted by Crippen LogP contribution is 2.60. The monoisotopic (exact) mass is 352 g/mol. The van der Waals surface area contributed by atoms with E-state index in [2.05, 4.69) is 62.9 Å². The maximum Gasteiger partial charge on any atom is 0.0211 e. The molecule has 1 spiro atoms. The van der Waals surface area contributed by atoms with Gasteiger partial charge < -0.3 is 0 Å². The fourth-order valence-corrected chi connectivity index (χ4v) is 5.59. The van der Waals surface area contributed by atoms with Gasteiger partial charge in [-0.05, 0) is 66.1 Å². The fourth-order valence-electron chi connectivity index (χ4n) is 5.43. The Morgan fingerprint density at radius 1 is 1.12 bits per heavy atom. The lowest BCUT2D eigenvalue weighted by molar-refractivity contribution is 0.303. The van der Waals surface area contributed by atoms with Crippen molar-refractivity contribution in [1.29, 1.82) is 0 Å². The summed E-state index contributed by atoms with van der Waals surface area (Å²) in [5.74, 6) is 1.67. The van der Waals surface area contributed by atoms with Crippen molar-refractivity contribution in [3.8, 4) is 0 Å². The van der Waals surface area contributed by atoms with E-state index in [-0.39, 0.29) is 5.41 Å². The molecule has 0 aromatic heterocycles. The molecule has 0 bridgehead atoms. The molecule has 0 N–H and O–H groups in total. The molecule has 2 unspecified atom stereocenters. The molecule has 25 heavy (non-hydrogen) atoms. The smallest absolute Gasteiger partial charge is 0.0211 e. The summed E-state index contributed by atoms with van der Waals surface area (Å²) in [6.45, 7) is 4.76. The van der Waals surface area contributed by atoms with E-state index in [4.69, 9.17) is 0 Å². The van der Waals surface area contributed by atoms with Crippen molar-refractivity contribution in [2.75, 3.05) is 5.75 Å². The summed E-state index contributed by atoms with van der Waals surface area (Å²) in [6, 6.07) is 0. The third kappa shape index (κ3) is 2.93. The molecular weight excluding hydrogens is 320 g/mol. The molecule has 0 saturated heterocycles. The molecule has 0 nitrogen and oxygen atoms in total. The Morgan fingerprint density at radius 3 is 2.64 bits per heavy atom. The molecule has 4 aliphatic rings. The largest absolute Gasteiger partial charge is 0.179 e. The molecule has 1 fully saturated rings. The Kier molecular flexibility index (Phi) is 4.65. The summed E-state index contributed by atoms with van der Waals surface area (Å²) in [7, 11) is 0. The molecular formula is C24H32S. The van der Waals surface area contributed by atoms with E-state index in [1.165, 1.54) is 56.9 Å². The van der Waals surface area contributed by atoms with Crippen LogP contribution in [0.5, 0.6) is 0 Å². The van der Waals surface area contributed by atoms with Crippen molar-refractivity contribution >= 4 is 12.6 Å². The number of allylic oxidation sites excluding steroid dienone is 10. The highest BCUT2D eigenvalue weighted by molar-refractivity contribution is 7.80. The zero-order valence-electron chi connectivity index (χ0n) is 15.9. The highest BCUT2D eigenvalue weighted by atomic mass is 32.1. The maximum atomic E-state index is 4.42. The number of thiol groups is 1. The molecule has 134 valence electrons. The molecule has 1 heteroatoms. The van der Waals surface area contributed by atoms with E-state index < -0.39 is 0 Å². The van der Waals surface area contributed by atoms with Gasteiger partial charge in [0.1, 0.15) is 0 Å². The van der Waals surface area contributed by atoms with E-state index >= 15 is 0 Å². The number of rotatable bonds is 3. The molecule has 4 aliphatic carbocycles. The van der Waals surface area contributed by atoms with E-state index in [1.54, 1.807) is 16.7 Å². The van der Waals surface area contributed by atoms with Crippen LogP contribution in [0.4, 0.5) is 0 Å². The molecule has 1 saturated carbocycles. The van der Waals surface area contributed by atoms with Gasteiger partial charge >= 0.3 is 0 Å². The highest BCUT2D eigenvalue weighted by Gasteiger charge is 2.47. The quantitative estimate of drug-likeness (QED) is 0.520. The van der Waals surface area contributed by atoms with Crippen LogP contribution in [0.3, 0.4) is 0 Å². The average molecular weight is 353 g/mol. The third-order valence-electron chi connectivity index (χ3n) is 6.89. The van der Waals surface area contributed by atoms with Gasteiger partial charge in [0, 0.05) is 10.8 Å². The minimum atomic E-state index is 0.176. The maximum absolute atomic E-state index is 4.42. The summed E-state index contributed by atoms with van der Waals surface area (Å²) in [5.41, 5.74) is 6.88. The van der Waals surface area contributed by atoms with E-state index in [9.17, 15) is 0 Å². The Labute approximate surface area is 159 Å². The molecule has 4 rings (SSSR count). The Hall–Kier alpha value is -0.950. The van der Waals surface area contributed by atoms with E-state index in [0.29, 0.717) is 11.3 Å². The van der Waals surface area contributed by atoms with Gasteiger partial charge in [-0.25, -0.2) is 0 Å². The van der Waals surface area contributed by atoms with Crippen LogP contribution < -0.4 is 0 Å². The molecule has 0 heterocycles. The lowest BCUT2D eigenvalue weighted by atomic mass is 9.65. The fraction of sp³-hybridized carbons (Fsp3) is 0.583. The first-order valence-electron chi connectivity index (χ1n) is 10.3. The topological polar surface area (TPSA) is 0 Å². The lowest BCUT2D eigenvalue weighted by Gasteiger charge is -2.38. The van der Waals surface area contributed by atoms with E-state index in [0.717, 1.165) is 5.75 Å². The zero-order chi connectivity index (χ0) is 17.5. The van der Waals surface area contributed by atoms with Crippen LogP contribution >= 0.6 is 12.6 Å². The van der Waals surface area contributed by atoms with Crippen LogP contribution in [0, 0.1) is 16.7 Å². The van der Waals surface area contributed by atoms with Crippen LogP contribution in [-0.2, 0) is 0 Å². The van der Waals surface area contributed by atoms with Crippen molar-refractivity contribution in [1.82, 2.24) is 0 Å². The summed E-state index contributed by atoms with van der Waals surface area (Å²) < 4.78 is 0. The first-order chi connectivity index (χ1) is 12.1. The minimum Gasteiger partial charge on any atom is -0.179 e. The summed E-state index contributed by atoms with van der Waals surface area (Å²) in [4.78, 5) is 0. The number of hydrogen-bond acceptors (Lipinski definition) is 1. The lowest BCUT2D eigenvalue weighted by Crippen LogP contribution is -2.26. The zero-order valence-corrected chi connectivity index (χ0v) is 16.7. The first-order valence-corrected chi connectivity index (χ1v) is 10.9. The minimum absolute atomic E-state index is 0.176. The van der Waals surface area contributed by atoms with Crippen LogP contribution in [0.15, 0.2) is 58.7 Å². The van der Waals surface area contributed by atoms with Gasteiger partial charge in [-0.2, -0.15) is 12.6 Å². The van der Waals surface area contributed by atoms with Gasteiger partial charge in [0.2, 0.25) is 0 Å². The predicted molar refractivity (Wildman–Crippen MR) is 112 cm³/mol. The first kappa shape index (κ1) is 17.5. The van der Waals surface area contributed by atoms with Gasteiger partial charge in [-0.1, -0.05) is 69.6 Å². The predicted octanol–water partition coefficient (Wildman–Crippen LogP) is 6.98. The van der Waals surface area contributed by atoms with Crippen LogP contribution in [0.1, 0.15) is 65.2 Å². The molecule has 0 radical (unpaired) electrons. The summed E-state index contributed by atoms with van der Waals surface area (Å²) in [6.07, 6.45) is 25.5. The second-order valence-electron chi connectivity index (χ2n) is 8.88. The Bertz CT molecular complexity index is 694. The van der Waals surface area contributed by atoms with Crippen molar-refractivity contribution in [2.45, 2.75) is 65.2 Å². The second kappa shape index (κ2) is 6.65. The summed E-state index contributed by atoms with van der Waals surface area (Å²) in [5, 5.41) is 0.